The van der Waals surface area contributed by atoms with E-state index in [1.165, 1.54) is 12.8 Å². The van der Waals surface area contributed by atoms with Crippen molar-refractivity contribution in [2.45, 2.75) is 63.9 Å². The molecule has 2 aliphatic rings. The maximum atomic E-state index is 5.83. The Balaban J connectivity index is 0.00000200. The lowest BCUT2D eigenvalue weighted by Crippen LogP contribution is -2.47. The van der Waals surface area contributed by atoms with E-state index in [4.69, 9.17) is 9.47 Å². The van der Waals surface area contributed by atoms with Gasteiger partial charge < -0.3 is 20.1 Å². The number of hydrogen-bond acceptors (Lipinski definition) is 3. The minimum atomic E-state index is 0. The van der Waals surface area contributed by atoms with E-state index >= 15 is 0 Å². The van der Waals surface area contributed by atoms with Gasteiger partial charge in [0.1, 0.15) is 0 Å². The number of fused-ring (bicyclic) bond motifs is 2. The molecule has 0 aromatic rings. The van der Waals surface area contributed by atoms with Gasteiger partial charge in [-0.2, -0.15) is 0 Å². The molecule has 3 atom stereocenters. The average molecular weight is 397 g/mol. The van der Waals surface area contributed by atoms with Gasteiger partial charge in [-0.25, -0.2) is 0 Å². The van der Waals surface area contributed by atoms with Crippen molar-refractivity contribution in [3.63, 3.8) is 0 Å². The van der Waals surface area contributed by atoms with E-state index in [2.05, 4.69) is 29.5 Å². The third-order valence-electron chi connectivity index (χ3n) is 3.72. The van der Waals surface area contributed by atoms with Gasteiger partial charge in [-0.15, -0.1) is 24.0 Å². The zero-order valence-corrected chi connectivity index (χ0v) is 15.1. The fourth-order valence-corrected chi connectivity index (χ4v) is 2.76. The number of guanidine groups is 1. The molecule has 0 aromatic heterocycles. The Morgan fingerprint density at radius 3 is 2.75 bits per heavy atom. The summed E-state index contributed by atoms with van der Waals surface area (Å²) in [7, 11) is 1.81. The Labute approximate surface area is 139 Å². The zero-order valence-electron chi connectivity index (χ0n) is 12.7. The Kier molecular flexibility index (Phi) is 8.13. The summed E-state index contributed by atoms with van der Waals surface area (Å²) in [5.41, 5.74) is 0. The third kappa shape index (κ3) is 5.37. The van der Waals surface area contributed by atoms with E-state index in [1.807, 2.05) is 7.05 Å². The van der Waals surface area contributed by atoms with Gasteiger partial charge >= 0.3 is 0 Å². The first-order valence-corrected chi connectivity index (χ1v) is 7.43. The molecule has 0 saturated carbocycles. The average Bonchev–Trinajstić information content (AvgIpc) is 2.98. The van der Waals surface area contributed by atoms with Gasteiger partial charge in [-0.3, -0.25) is 4.99 Å². The van der Waals surface area contributed by atoms with E-state index in [0.717, 1.165) is 32.0 Å². The molecule has 3 unspecified atom stereocenters. The van der Waals surface area contributed by atoms with E-state index in [1.54, 1.807) is 0 Å². The van der Waals surface area contributed by atoms with Crippen LogP contribution in [-0.2, 0) is 9.47 Å². The zero-order chi connectivity index (χ0) is 13.7. The molecule has 2 saturated heterocycles. The number of rotatable bonds is 6. The van der Waals surface area contributed by atoms with Crippen molar-refractivity contribution < 1.29 is 9.47 Å². The molecule has 0 spiro atoms. The summed E-state index contributed by atoms with van der Waals surface area (Å²) in [6, 6.07) is 0.428. The summed E-state index contributed by atoms with van der Waals surface area (Å²) in [6.07, 6.45) is 5.67. The van der Waals surface area contributed by atoms with Gasteiger partial charge in [-0.1, -0.05) is 0 Å². The molecule has 0 amide bonds. The SMILES string of the molecule is CN=C(NCCCOC(C)C)NC1CC2CCC1O2.I. The number of nitrogens with one attached hydrogen (secondary N) is 2. The number of halogens is 1. The van der Waals surface area contributed by atoms with Crippen LogP contribution in [0.1, 0.15) is 39.5 Å². The van der Waals surface area contributed by atoms with Crippen LogP contribution in [0.4, 0.5) is 0 Å². The minimum Gasteiger partial charge on any atom is -0.379 e. The highest BCUT2D eigenvalue weighted by molar-refractivity contribution is 14.0. The van der Waals surface area contributed by atoms with Crippen LogP contribution in [0.15, 0.2) is 4.99 Å². The molecule has 2 rings (SSSR count). The van der Waals surface area contributed by atoms with Crippen LogP contribution >= 0.6 is 24.0 Å². The van der Waals surface area contributed by atoms with Crippen LogP contribution in [0.25, 0.3) is 0 Å². The third-order valence-corrected chi connectivity index (χ3v) is 3.72. The molecule has 118 valence electrons. The van der Waals surface area contributed by atoms with Gasteiger partial charge in [-0.05, 0) is 39.5 Å². The molecule has 2 heterocycles. The van der Waals surface area contributed by atoms with E-state index in [-0.39, 0.29) is 24.0 Å². The van der Waals surface area contributed by atoms with Crippen molar-refractivity contribution in [2.24, 2.45) is 4.99 Å². The molecule has 2 aliphatic heterocycles. The normalized spacial score (nSPS) is 28.6. The number of ether oxygens (including phenoxy) is 2. The second-order valence-corrected chi connectivity index (χ2v) is 5.63. The van der Waals surface area contributed by atoms with E-state index in [0.29, 0.717) is 24.4 Å². The first kappa shape index (κ1) is 18.0. The quantitative estimate of drug-likeness (QED) is 0.311. The molecular formula is C14H28IN3O2. The van der Waals surface area contributed by atoms with E-state index < -0.39 is 0 Å². The molecule has 2 fully saturated rings. The Morgan fingerprint density at radius 1 is 1.40 bits per heavy atom. The van der Waals surface area contributed by atoms with Crippen LogP contribution in [0.2, 0.25) is 0 Å². The largest absolute Gasteiger partial charge is 0.379 e. The van der Waals surface area contributed by atoms with Crippen molar-refractivity contribution in [3.8, 4) is 0 Å². The number of nitrogens with zero attached hydrogens (tertiary/aromatic N) is 1. The predicted octanol–water partition coefficient (Wildman–Crippen LogP) is 1.90. The lowest BCUT2D eigenvalue weighted by atomic mass is 9.96. The van der Waals surface area contributed by atoms with Gasteiger partial charge in [0.15, 0.2) is 5.96 Å². The molecule has 5 nitrogen and oxygen atoms in total. The molecule has 6 heteroatoms. The molecule has 2 bridgehead atoms. The second-order valence-electron chi connectivity index (χ2n) is 5.63. The summed E-state index contributed by atoms with van der Waals surface area (Å²) in [4.78, 5) is 4.27. The van der Waals surface area contributed by atoms with Crippen molar-refractivity contribution >= 4 is 29.9 Å². The molecule has 0 aliphatic carbocycles. The minimum absolute atomic E-state index is 0. The van der Waals surface area contributed by atoms with E-state index in [9.17, 15) is 0 Å². The Hall–Kier alpha value is -0.0800. The Morgan fingerprint density at radius 2 is 2.20 bits per heavy atom. The van der Waals surface area contributed by atoms with Gasteiger partial charge in [0.05, 0.1) is 24.4 Å². The molecule has 0 aromatic carbocycles. The molecule has 0 radical (unpaired) electrons. The van der Waals surface area contributed by atoms with Crippen LogP contribution < -0.4 is 10.6 Å². The van der Waals surface area contributed by atoms with Crippen LogP contribution in [-0.4, -0.2) is 50.5 Å². The maximum Gasteiger partial charge on any atom is 0.191 e. The summed E-state index contributed by atoms with van der Waals surface area (Å²) in [6.45, 7) is 5.79. The maximum absolute atomic E-state index is 5.83. The molecule has 20 heavy (non-hydrogen) atoms. The Bertz CT molecular complexity index is 313. The lowest BCUT2D eigenvalue weighted by molar-refractivity contribution is 0.0776. The highest BCUT2D eigenvalue weighted by atomic mass is 127. The fraction of sp³-hybridized carbons (Fsp3) is 0.929. The van der Waals surface area contributed by atoms with Crippen molar-refractivity contribution in [1.82, 2.24) is 10.6 Å². The summed E-state index contributed by atoms with van der Waals surface area (Å²) < 4.78 is 11.3. The topological polar surface area (TPSA) is 54.9 Å². The summed E-state index contributed by atoms with van der Waals surface area (Å²) in [5, 5.41) is 6.80. The predicted molar refractivity (Wildman–Crippen MR) is 91.9 cm³/mol. The van der Waals surface area contributed by atoms with Crippen molar-refractivity contribution in [2.75, 3.05) is 20.2 Å². The van der Waals surface area contributed by atoms with Crippen LogP contribution in [0.3, 0.4) is 0 Å². The van der Waals surface area contributed by atoms with Crippen LogP contribution in [0, 0.1) is 0 Å². The number of hydrogen-bond donors (Lipinski definition) is 2. The van der Waals surface area contributed by atoms with Gasteiger partial charge in [0.2, 0.25) is 0 Å². The second kappa shape index (κ2) is 9.04. The first-order chi connectivity index (χ1) is 9.19. The monoisotopic (exact) mass is 397 g/mol. The molecule has 2 N–H and O–H groups in total. The van der Waals surface area contributed by atoms with Gasteiger partial charge in [0.25, 0.3) is 0 Å². The first-order valence-electron chi connectivity index (χ1n) is 7.43. The summed E-state index contributed by atoms with van der Waals surface area (Å²) in [5.74, 6) is 0.880. The van der Waals surface area contributed by atoms with Crippen molar-refractivity contribution in [1.29, 1.82) is 0 Å². The van der Waals surface area contributed by atoms with Crippen LogP contribution in [0.5, 0.6) is 0 Å². The smallest absolute Gasteiger partial charge is 0.191 e. The standard InChI is InChI=1S/C14H27N3O2.HI/c1-10(2)18-8-4-7-16-14(15-3)17-12-9-11-5-6-13(12)19-11;/h10-13H,4-9H2,1-3H3,(H2,15,16,17);1H. The lowest BCUT2D eigenvalue weighted by Gasteiger charge is -2.22. The van der Waals surface area contributed by atoms with Crippen molar-refractivity contribution in [3.05, 3.63) is 0 Å². The summed E-state index contributed by atoms with van der Waals surface area (Å²) >= 11 is 0. The number of aliphatic imine (C=N–C) groups is 1. The highest BCUT2D eigenvalue weighted by Gasteiger charge is 2.40. The highest BCUT2D eigenvalue weighted by Crippen LogP contribution is 2.34. The van der Waals surface area contributed by atoms with Gasteiger partial charge in [0, 0.05) is 20.2 Å². The molecular weight excluding hydrogens is 369 g/mol. The fourth-order valence-electron chi connectivity index (χ4n) is 2.76.